The molecule has 3 N–H and O–H groups in total. The number of nitrogens with zero attached hydrogens (tertiary/aromatic N) is 1. The lowest BCUT2D eigenvalue weighted by Gasteiger charge is -2.18. The van der Waals surface area contributed by atoms with E-state index in [2.05, 4.69) is 16.0 Å². The van der Waals surface area contributed by atoms with E-state index in [1.54, 1.807) is 31.2 Å². The van der Waals surface area contributed by atoms with Crippen LogP contribution in [-0.4, -0.2) is 47.4 Å². The van der Waals surface area contributed by atoms with Gasteiger partial charge < -0.3 is 29.7 Å². The highest BCUT2D eigenvalue weighted by atomic mass is 16.3. The van der Waals surface area contributed by atoms with E-state index in [1.165, 1.54) is 25.4 Å². The molecule has 3 rings (SSSR count). The quantitative estimate of drug-likeness (QED) is 0.288. The molecule has 0 aliphatic carbocycles. The third kappa shape index (κ3) is 5.69. The first-order valence-corrected chi connectivity index (χ1v) is 10.7. The van der Waals surface area contributed by atoms with E-state index in [1.807, 2.05) is 0 Å². The number of aldehydes is 1. The van der Waals surface area contributed by atoms with E-state index < -0.39 is 35.1 Å². The number of hydrogen-bond acceptors (Lipinski definition) is 7. The Morgan fingerprint density at radius 3 is 2.54 bits per heavy atom. The zero-order valence-corrected chi connectivity index (χ0v) is 19.1. The van der Waals surface area contributed by atoms with Gasteiger partial charge in [0.15, 0.2) is 5.76 Å². The van der Waals surface area contributed by atoms with Crippen LogP contribution in [0.15, 0.2) is 51.8 Å². The standard InChI is InChI=1S/C24H24N4O7/c1-14-15-6-3-4-8-19(15)35-20(14)23(33)26-16(9-10-18(30)22(32)25-2)21(31)27-17-7-5-11-28(12-13-29)24(17)34/h3-8,11,13,16H,9-10,12H2,1-2H3,(H,25,32)(H,26,33)(H,27,31). The van der Waals surface area contributed by atoms with Gasteiger partial charge in [-0.25, -0.2) is 0 Å². The van der Waals surface area contributed by atoms with Crippen LogP contribution in [-0.2, 0) is 25.7 Å². The van der Waals surface area contributed by atoms with Crippen molar-refractivity contribution >= 4 is 46.4 Å². The molecule has 1 unspecified atom stereocenters. The molecule has 0 saturated carbocycles. The molecule has 11 heteroatoms. The van der Waals surface area contributed by atoms with Crippen molar-refractivity contribution in [3.05, 3.63) is 64.3 Å². The van der Waals surface area contributed by atoms with E-state index >= 15 is 0 Å². The number of likely N-dealkylation sites (N-methyl/N-ethyl adjacent to an activating group) is 1. The maximum atomic E-state index is 13.0. The van der Waals surface area contributed by atoms with Crippen LogP contribution in [0.5, 0.6) is 0 Å². The minimum atomic E-state index is -1.28. The molecule has 1 atom stereocenters. The Kier molecular flexibility index (Phi) is 7.92. The Balaban J connectivity index is 1.85. The van der Waals surface area contributed by atoms with Crippen LogP contribution in [0.2, 0.25) is 0 Å². The van der Waals surface area contributed by atoms with Gasteiger partial charge in [-0.15, -0.1) is 0 Å². The fraction of sp³-hybridized carbons (Fsp3) is 0.250. The van der Waals surface area contributed by atoms with E-state index in [9.17, 15) is 28.8 Å². The number of para-hydroxylation sites is 1. The summed E-state index contributed by atoms with van der Waals surface area (Å²) in [6, 6.07) is 8.58. The molecule has 35 heavy (non-hydrogen) atoms. The van der Waals surface area contributed by atoms with Crippen molar-refractivity contribution in [2.75, 3.05) is 12.4 Å². The van der Waals surface area contributed by atoms with Crippen LogP contribution in [0, 0.1) is 6.92 Å². The predicted octanol–water partition coefficient (Wildman–Crippen LogP) is 0.934. The monoisotopic (exact) mass is 480 g/mol. The molecule has 0 bridgehead atoms. The number of pyridine rings is 1. The van der Waals surface area contributed by atoms with E-state index in [0.29, 0.717) is 17.4 Å². The molecule has 2 heterocycles. The Labute approximate surface area is 199 Å². The fourth-order valence-electron chi connectivity index (χ4n) is 3.49. The number of nitrogens with one attached hydrogen (secondary N) is 3. The number of furan rings is 1. The maximum absolute atomic E-state index is 13.0. The molecule has 0 fully saturated rings. The minimum absolute atomic E-state index is 0.00493. The maximum Gasteiger partial charge on any atom is 0.287 e. The summed E-state index contributed by atoms with van der Waals surface area (Å²) in [6.07, 6.45) is 1.38. The number of anilines is 1. The molecular weight excluding hydrogens is 456 g/mol. The summed E-state index contributed by atoms with van der Waals surface area (Å²) >= 11 is 0. The third-order valence-corrected chi connectivity index (χ3v) is 5.36. The second-order valence-corrected chi connectivity index (χ2v) is 7.65. The Hall–Kier alpha value is -4.54. The van der Waals surface area contributed by atoms with Gasteiger partial charge in [0.25, 0.3) is 17.4 Å². The second kappa shape index (κ2) is 11.1. The number of fused-ring (bicyclic) bond motifs is 1. The molecule has 3 amide bonds. The molecule has 1 aromatic carbocycles. The van der Waals surface area contributed by atoms with E-state index in [0.717, 1.165) is 9.95 Å². The van der Waals surface area contributed by atoms with Crippen molar-refractivity contribution in [2.45, 2.75) is 32.4 Å². The summed E-state index contributed by atoms with van der Waals surface area (Å²) in [5.41, 5.74) is 0.327. The summed E-state index contributed by atoms with van der Waals surface area (Å²) in [7, 11) is 1.30. The highest BCUT2D eigenvalue weighted by molar-refractivity contribution is 6.36. The largest absolute Gasteiger partial charge is 0.451 e. The van der Waals surface area contributed by atoms with E-state index in [-0.39, 0.29) is 30.8 Å². The Morgan fingerprint density at radius 2 is 1.86 bits per heavy atom. The number of aryl methyl sites for hydroxylation is 1. The number of hydrogen-bond donors (Lipinski definition) is 3. The van der Waals surface area contributed by atoms with Gasteiger partial charge in [-0.05, 0) is 31.5 Å². The van der Waals surface area contributed by atoms with Gasteiger partial charge in [-0.3, -0.25) is 24.0 Å². The van der Waals surface area contributed by atoms with Crippen molar-refractivity contribution < 1.29 is 28.4 Å². The number of amides is 3. The van der Waals surface area contributed by atoms with Crippen molar-refractivity contribution in [2.24, 2.45) is 0 Å². The molecule has 0 aliphatic heterocycles. The number of benzene rings is 1. The third-order valence-electron chi connectivity index (χ3n) is 5.36. The van der Waals surface area contributed by atoms with Gasteiger partial charge in [-0.2, -0.15) is 0 Å². The lowest BCUT2D eigenvalue weighted by Crippen LogP contribution is -2.45. The van der Waals surface area contributed by atoms with Gasteiger partial charge in [0.05, 0.1) is 6.54 Å². The average Bonchev–Trinajstić information content (AvgIpc) is 3.20. The number of carbonyl (C=O) groups excluding carboxylic acids is 5. The summed E-state index contributed by atoms with van der Waals surface area (Å²) < 4.78 is 6.74. The number of ketones is 1. The van der Waals surface area contributed by atoms with Gasteiger partial charge in [0.2, 0.25) is 11.7 Å². The van der Waals surface area contributed by atoms with E-state index in [4.69, 9.17) is 4.42 Å². The first kappa shape index (κ1) is 25.1. The second-order valence-electron chi connectivity index (χ2n) is 7.65. The molecule has 0 radical (unpaired) electrons. The lowest BCUT2D eigenvalue weighted by atomic mass is 10.1. The Morgan fingerprint density at radius 1 is 1.11 bits per heavy atom. The van der Waals surface area contributed by atoms with Crippen LogP contribution in [0.1, 0.15) is 29.0 Å². The highest BCUT2D eigenvalue weighted by Gasteiger charge is 2.27. The first-order chi connectivity index (χ1) is 16.8. The first-order valence-electron chi connectivity index (χ1n) is 10.7. The summed E-state index contributed by atoms with van der Waals surface area (Å²) in [4.78, 5) is 72.8. The minimum Gasteiger partial charge on any atom is -0.451 e. The Bertz CT molecular complexity index is 1360. The SMILES string of the molecule is CNC(=O)C(=O)CCC(NC(=O)c1oc2ccccc2c1C)C(=O)Nc1cccn(CC=O)c1=O. The predicted molar refractivity (Wildman–Crippen MR) is 126 cm³/mol. The molecule has 3 aromatic rings. The average molecular weight is 480 g/mol. The van der Waals surface area contributed by atoms with Gasteiger partial charge >= 0.3 is 0 Å². The molecule has 11 nitrogen and oxygen atoms in total. The van der Waals surface area contributed by atoms with Crippen molar-refractivity contribution in [3.63, 3.8) is 0 Å². The van der Waals surface area contributed by atoms with Gasteiger partial charge in [-0.1, -0.05) is 18.2 Å². The molecule has 2 aromatic heterocycles. The molecule has 0 spiro atoms. The molecule has 0 saturated heterocycles. The zero-order valence-electron chi connectivity index (χ0n) is 19.1. The van der Waals surface area contributed by atoms with Crippen molar-refractivity contribution in [3.8, 4) is 0 Å². The van der Waals surface area contributed by atoms with Gasteiger partial charge in [0.1, 0.15) is 23.6 Å². The zero-order chi connectivity index (χ0) is 25.5. The molecule has 0 aliphatic rings. The van der Waals surface area contributed by atoms with Crippen LogP contribution >= 0.6 is 0 Å². The van der Waals surface area contributed by atoms with Gasteiger partial charge in [0, 0.05) is 30.6 Å². The summed E-state index contributed by atoms with van der Waals surface area (Å²) in [6.45, 7) is 1.50. The lowest BCUT2D eigenvalue weighted by molar-refractivity contribution is -0.137. The molecular formula is C24H24N4O7. The number of aromatic nitrogens is 1. The number of carbonyl (C=O) groups is 5. The van der Waals surface area contributed by atoms with Crippen molar-refractivity contribution in [1.29, 1.82) is 0 Å². The topological polar surface area (TPSA) is 157 Å². The molecule has 182 valence electrons. The summed E-state index contributed by atoms with van der Waals surface area (Å²) in [5.74, 6) is -3.08. The number of rotatable bonds is 10. The van der Waals surface area contributed by atoms with Crippen LogP contribution in [0.4, 0.5) is 5.69 Å². The smallest absolute Gasteiger partial charge is 0.287 e. The number of Topliss-reactive ketones (excluding diaryl/α,β-unsaturated/α-hetero) is 1. The normalized spacial score (nSPS) is 11.5. The fourth-order valence-corrected chi connectivity index (χ4v) is 3.49. The van der Waals surface area contributed by atoms with Crippen LogP contribution in [0.3, 0.4) is 0 Å². The van der Waals surface area contributed by atoms with Crippen molar-refractivity contribution in [1.82, 2.24) is 15.2 Å². The van der Waals surface area contributed by atoms with Crippen LogP contribution in [0.25, 0.3) is 11.0 Å². The van der Waals surface area contributed by atoms with Crippen LogP contribution < -0.4 is 21.5 Å². The summed E-state index contributed by atoms with van der Waals surface area (Å²) in [5, 5.41) is 7.90. The highest BCUT2D eigenvalue weighted by Crippen LogP contribution is 2.25.